The van der Waals surface area contributed by atoms with Gasteiger partial charge in [-0.05, 0) is 56.5 Å². The topological polar surface area (TPSA) is 29.3 Å². The second-order valence-electron chi connectivity index (χ2n) is 6.49. The zero-order valence-corrected chi connectivity index (χ0v) is 11.7. The molecule has 2 atom stereocenters. The van der Waals surface area contributed by atoms with Gasteiger partial charge in [0.1, 0.15) is 0 Å². The molecule has 0 aromatic rings. The second kappa shape index (κ2) is 6.19. The molecular formula is C15H30N2. The van der Waals surface area contributed by atoms with Gasteiger partial charge in [0.15, 0.2) is 0 Å². The van der Waals surface area contributed by atoms with Gasteiger partial charge in [-0.3, -0.25) is 4.90 Å². The summed E-state index contributed by atoms with van der Waals surface area (Å²) in [6.45, 7) is 8.06. The highest BCUT2D eigenvalue weighted by molar-refractivity contribution is 4.88. The van der Waals surface area contributed by atoms with E-state index in [1.807, 2.05) is 0 Å². The van der Waals surface area contributed by atoms with Crippen molar-refractivity contribution in [3.8, 4) is 0 Å². The lowest BCUT2D eigenvalue weighted by atomic mass is 9.92. The van der Waals surface area contributed by atoms with Crippen LogP contribution in [0.3, 0.4) is 0 Å². The lowest BCUT2D eigenvalue weighted by Crippen LogP contribution is -2.41. The fourth-order valence-corrected chi connectivity index (χ4v) is 3.81. The van der Waals surface area contributed by atoms with E-state index in [4.69, 9.17) is 5.73 Å². The maximum atomic E-state index is 5.92. The number of nitrogens with two attached hydrogens (primary N) is 1. The monoisotopic (exact) mass is 238 g/mol. The molecule has 2 nitrogen and oxygen atoms in total. The van der Waals surface area contributed by atoms with Gasteiger partial charge >= 0.3 is 0 Å². The maximum Gasteiger partial charge on any atom is 0.0124 e. The summed E-state index contributed by atoms with van der Waals surface area (Å²) in [6, 6.07) is 0.894. The Labute approximate surface area is 107 Å². The summed E-state index contributed by atoms with van der Waals surface area (Å²) in [4.78, 5) is 2.77. The Bertz CT molecular complexity index is 221. The van der Waals surface area contributed by atoms with Crippen molar-refractivity contribution in [2.75, 3.05) is 19.6 Å². The smallest absolute Gasteiger partial charge is 0.0124 e. The molecule has 1 aliphatic heterocycles. The van der Waals surface area contributed by atoms with Crippen molar-refractivity contribution >= 4 is 0 Å². The molecule has 0 bridgehead atoms. The van der Waals surface area contributed by atoms with Crippen molar-refractivity contribution in [2.24, 2.45) is 23.5 Å². The second-order valence-corrected chi connectivity index (χ2v) is 6.49. The largest absolute Gasteiger partial charge is 0.330 e. The first-order valence-corrected chi connectivity index (χ1v) is 7.66. The summed E-state index contributed by atoms with van der Waals surface area (Å²) in [6.07, 6.45) is 8.77. The Morgan fingerprint density at radius 1 is 1.12 bits per heavy atom. The van der Waals surface area contributed by atoms with Gasteiger partial charge in [0.25, 0.3) is 0 Å². The summed E-state index contributed by atoms with van der Waals surface area (Å²) in [7, 11) is 0. The minimum absolute atomic E-state index is 0.692. The molecule has 0 spiro atoms. The van der Waals surface area contributed by atoms with Gasteiger partial charge in [-0.25, -0.2) is 0 Å². The van der Waals surface area contributed by atoms with E-state index in [1.165, 1.54) is 51.6 Å². The van der Waals surface area contributed by atoms with Crippen LogP contribution in [0.15, 0.2) is 0 Å². The predicted molar refractivity (Wildman–Crippen MR) is 73.9 cm³/mol. The zero-order valence-electron chi connectivity index (χ0n) is 11.7. The Kier molecular flexibility index (Phi) is 4.87. The highest BCUT2D eigenvalue weighted by atomic mass is 15.2. The van der Waals surface area contributed by atoms with Crippen LogP contribution in [-0.2, 0) is 0 Å². The van der Waals surface area contributed by atoms with E-state index in [0.29, 0.717) is 5.92 Å². The molecule has 1 aliphatic carbocycles. The molecule has 0 aromatic heterocycles. The van der Waals surface area contributed by atoms with Gasteiger partial charge in [-0.15, -0.1) is 0 Å². The normalized spacial score (nSPS) is 29.3. The van der Waals surface area contributed by atoms with E-state index in [2.05, 4.69) is 18.7 Å². The standard InChI is InChI=1S/C15H30N2/c1-12(2)14(10-16)11-17-9-5-8-15(17)13-6-3-4-7-13/h12-15H,3-11,16H2,1-2H3. The first kappa shape index (κ1) is 13.4. The van der Waals surface area contributed by atoms with Crippen LogP contribution >= 0.6 is 0 Å². The number of nitrogens with zero attached hydrogens (tertiary/aromatic N) is 1. The molecule has 2 fully saturated rings. The Balaban J connectivity index is 1.89. The average Bonchev–Trinajstić information content (AvgIpc) is 2.95. The van der Waals surface area contributed by atoms with Crippen molar-refractivity contribution in [3.05, 3.63) is 0 Å². The zero-order chi connectivity index (χ0) is 12.3. The summed E-state index contributed by atoms with van der Waals surface area (Å²) >= 11 is 0. The molecule has 17 heavy (non-hydrogen) atoms. The van der Waals surface area contributed by atoms with Crippen LogP contribution < -0.4 is 5.73 Å². The van der Waals surface area contributed by atoms with Crippen LogP contribution in [0.1, 0.15) is 52.4 Å². The van der Waals surface area contributed by atoms with Crippen LogP contribution in [0.5, 0.6) is 0 Å². The van der Waals surface area contributed by atoms with Crippen molar-refractivity contribution in [3.63, 3.8) is 0 Å². The van der Waals surface area contributed by atoms with Crippen LogP contribution in [0.25, 0.3) is 0 Å². The van der Waals surface area contributed by atoms with E-state index >= 15 is 0 Å². The summed E-state index contributed by atoms with van der Waals surface area (Å²) in [5.74, 6) is 2.42. The minimum atomic E-state index is 0.692. The van der Waals surface area contributed by atoms with Crippen molar-refractivity contribution in [1.29, 1.82) is 0 Å². The highest BCUT2D eigenvalue weighted by Crippen LogP contribution is 2.35. The van der Waals surface area contributed by atoms with Gasteiger partial charge in [0.2, 0.25) is 0 Å². The average molecular weight is 238 g/mol. The molecule has 0 amide bonds. The number of hydrogen-bond donors (Lipinski definition) is 1. The Morgan fingerprint density at radius 2 is 1.82 bits per heavy atom. The molecule has 2 N–H and O–H groups in total. The molecule has 2 rings (SSSR count). The highest BCUT2D eigenvalue weighted by Gasteiger charge is 2.34. The third kappa shape index (κ3) is 3.23. The summed E-state index contributed by atoms with van der Waals surface area (Å²) < 4.78 is 0. The van der Waals surface area contributed by atoms with Crippen LogP contribution in [0.4, 0.5) is 0 Å². The Hall–Kier alpha value is -0.0800. The van der Waals surface area contributed by atoms with Gasteiger partial charge < -0.3 is 5.73 Å². The van der Waals surface area contributed by atoms with Crippen molar-refractivity contribution < 1.29 is 0 Å². The van der Waals surface area contributed by atoms with Crippen LogP contribution in [0, 0.1) is 17.8 Å². The fourth-order valence-electron chi connectivity index (χ4n) is 3.81. The van der Waals surface area contributed by atoms with Crippen LogP contribution in [-0.4, -0.2) is 30.6 Å². The quantitative estimate of drug-likeness (QED) is 0.798. The number of likely N-dealkylation sites (tertiary alicyclic amines) is 1. The summed E-state index contributed by atoms with van der Waals surface area (Å²) in [5, 5.41) is 0. The molecule has 2 unspecified atom stereocenters. The molecule has 2 heteroatoms. The van der Waals surface area contributed by atoms with E-state index < -0.39 is 0 Å². The molecular weight excluding hydrogens is 208 g/mol. The molecule has 1 heterocycles. The van der Waals surface area contributed by atoms with E-state index in [0.717, 1.165) is 24.4 Å². The third-order valence-electron chi connectivity index (χ3n) is 5.07. The van der Waals surface area contributed by atoms with Gasteiger partial charge in [-0.2, -0.15) is 0 Å². The van der Waals surface area contributed by atoms with Crippen molar-refractivity contribution in [2.45, 2.75) is 58.4 Å². The molecule has 1 saturated carbocycles. The lowest BCUT2D eigenvalue weighted by Gasteiger charge is -2.33. The maximum absolute atomic E-state index is 5.92. The Morgan fingerprint density at radius 3 is 2.41 bits per heavy atom. The lowest BCUT2D eigenvalue weighted by molar-refractivity contribution is 0.150. The van der Waals surface area contributed by atoms with Gasteiger partial charge in [0.05, 0.1) is 0 Å². The molecule has 100 valence electrons. The number of rotatable bonds is 5. The van der Waals surface area contributed by atoms with E-state index in [-0.39, 0.29) is 0 Å². The molecule has 0 aromatic carbocycles. The van der Waals surface area contributed by atoms with Gasteiger partial charge in [-0.1, -0.05) is 26.7 Å². The molecule has 0 radical (unpaired) electrons. The van der Waals surface area contributed by atoms with E-state index in [9.17, 15) is 0 Å². The third-order valence-corrected chi connectivity index (χ3v) is 5.07. The first-order chi connectivity index (χ1) is 8.22. The molecule has 1 saturated heterocycles. The fraction of sp³-hybridized carbons (Fsp3) is 1.00. The summed E-state index contributed by atoms with van der Waals surface area (Å²) in [5.41, 5.74) is 5.92. The van der Waals surface area contributed by atoms with Gasteiger partial charge in [0, 0.05) is 12.6 Å². The predicted octanol–water partition coefficient (Wildman–Crippen LogP) is 2.87. The SMILES string of the molecule is CC(C)C(CN)CN1CCCC1C1CCCC1. The number of hydrogen-bond acceptors (Lipinski definition) is 2. The first-order valence-electron chi connectivity index (χ1n) is 7.66. The molecule has 2 aliphatic rings. The van der Waals surface area contributed by atoms with Crippen LogP contribution in [0.2, 0.25) is 0 Å². The minimum Gasteiger partial charge on any atom is -0.330 e. The van der Waals surface area contributed by atoms with E-state index in [1.54, 1.807) is 0 Å². The van der Waals surface area contributed by atoms with Crippen molar-refractivity contribution in [1.82, 2.24) is 4.90 Å².